The Morgan fingerprint density at radius 1 is 1.36 bits per heavy atom. The molecule has 0 amide bonds. The molecule has 76 valence electrons. The molecule has 4 atom stereocenters. The fraction of sp³-hybridized carbons (Fsp3) is 0.600. The van der Waals surface area contributed by atoms with E-state index in [4.69, 9.17) is 10.2 Å². The van der Waals surface area contributed by atoms with Gasteiger partial charge in [0, 0.05) is 0 Å². The van der Waals surface area contributed by atoms with Gasteiger partial charge in [-0.2, -0.15) is 0 Å². The van der Waals surface area contributed by atoms with Crippen LogP contribution in [0.3, 0.4) is 0 Å². The molecular formula is C10H12O4. The first-order chi connectivity index (χ1) is 6.48. The lowest BCUT2D eigenvalue weighted by Crippen LogP contribution is -2.43. The van der Waals surface area contributed by atoms with Crippen LogP contribution in [0.4, 0.5) is 0 Å². The molecule has 14 heavy (non-hydrogen) atoms. The van der Waals surface area contributed by atoms with Crippen LogP contribution in [-0.4, -0.2) is 22.2 Å². The quantitative estimate of drug-likeness (QED) is 0.646. The average Bonchev–Trinajstić information content (AvgIpc) is 2.61. The molecule has 1 saturated carbocycles. The molecule has 0 saturated heterocycles. The molecule has 2 aliphatic rings. The van der Waals surface area contributed by atoms with E-state index in [0.29, 0.717) is 6.42 Å². The summed E-state index contributed by atoms with van der Waals surface area (Å²) in [6, 6.07) is 0. The molecule has 2 N–H and O–H groups in total. The fourth-order valence-corrected chi connectivity index (χ4v) is 2.83. The van der Waals surface area contributed by atoms with Crippen LogP contribution in [0.2, 0.25) is 0 Å². The number of carboxylic acids is 2. The SMILES string of the molecule is C[C@]1(C(=O)O)[C@H](C(=O)O)[C@H]2C=C[C@H]1C2. The van der Waals surface area contributed by atoms with Gasteiger partial charge in [0.15, 0.2) is 0 Å². The Hall–Kier alpha value is -1.32. The molecule has 0 unspecified atom stereocenters. The van der Waals surface area contributed by atoms with E-state index in [9.17, 15) is 9.59 Å². The summed E-state index contributed by atoms with van der Waals surface area (Å²) in [5.41, 5.74) is -1.12. The van der Waals surface area contributed by atoms with Gasteiger partial charge in [0.25, 0.3) is 0 Å². The molecule has 0 aromatic rings. The number of hydrogen-bond donors (Lipinski definition) is 2. The molecule has 0 heterocycles. The first-order valence-electron chi connectivity index (χ1n) is 4.62. The third kappa shape index (κ3) is 0.882. The van der Waals surface area contributed by atoms with Crippen LogP contribution in [0.25, 0.3) is 0 Å². The van der Waals surface area contributed by atoms with Gasteiger partial charge >= 0.3 is 11.9 Å². The first kappa shape index (κ1) is 9.24. The normalized spacial score (nSPS) is 44.2. The molecule has 0 aromatic carbocycles. The van der Waals surface area contributed by atoms with Crippen molar-refractivity contribution in [2.24, 2.45) is 23.2 Å². The minimum Gasteiger partial charge on any atom is -0.481 e. The largest absolute Gasteiger partial charge is 0.481 e. The van der Waals surface area contributed by atoms with Gasteiger partial charge in [-0.25, -0.2) is 0 Å². The smallest absolute Gasteiger partial charge is 0.310 e. The molecule has 0 radical (unpaired) electrons. The van der Waals surface area contributed by atoms with Crippen LogP contribution in [-0.2, 0) is 9.59 Å². The summed E-state index contributed by atoms with van der Waals surface area (Å²) in [6.45, 7) is 1.54. The highest BCUT2D eigenvalue weighted by Crippen LogP contribution is 2.56. The highest BCUT2D eigenvalue weighted by atomic mass is 16.4. The standard InChI is InChI=1S/C10H12O4/c1-10(9(13)14)6-3-2-5(4-6)7(10)8(11)12/h2-3,5-7H,4H2,1H3,(H,11,12)(H,13,14)/t5-,6-,7-,10+/m0/s1. The number of rotatable bonds is 2. The van der Waals surface area contributed by atoms with Crippen LogP contribution in [0, 0.1) is 23.2 Å². The van der Waals surface area contributed by atoms with Crippen molar-refractivity contribution in [3.8, 4) is 0 Å². The van der Waals surface area contributed by atoms with Crippen molar-refractivity contribution in [2.75, 3.05) is 0 Å². The highest BCUT2D eigenvalue weighted by Gasteiger charge is 2.60. The van der Waals surface area contributed by atoms with Crippen LogP contribution < -0.4 is 0 Å². The van der Waals surface area contributed by atoms with Crippen molar-refractivity contribution >= 4 is 11.9 Å². The maximum absolute atomic E-state index is 11.1. The lowest BCUT2D eigenvalue weighted by atomic mass is 9.70. The molecular weight excluding hydrogens is 184 g/mol. The van der Waals surface area contributed by atoms with Gasteiger partial charge in [0.05, 0.1) is 11.3 Å². The van der Waals surface area contributed by atoms with E-state index >= 15 is 0 Å². The van der Waals surface area contributed by atoms with E-state index in [2.05, 4.69) is 0 Å². The van der Waals surface area contributed by atoms with Crippen LogP contribution in [0.15, 0.2) is 12.2 Å². The second-order valence-electron chi connectivity index (χ2n) is 4.29. The number of fused-ring (bicyclic) bond motifs is 2. The van der Waals surface area contributed by atoms with Gasteiger partial charge in [0.1, 0.15) is 0 Å². The zero-order valence-electron chi connectivity index (χ0n) is 7.80. The van der Waals surface area contributed by atoms with Crippen molar-refractivity contribution in [1.82, 2.24) is 0 Å². The topological polar surface area (TPSA) is 74.6 Å². The number of carbonyl (C=O) groups is 2. The average molecular weight is 196 g/mol. The van der Waals surface area contributed by atoms with E-state index in [1.165, 1.54) is 0 Å². The Balaban J connectivity index is 2.45. The van der Waals surface area contributed by atoms with Crippen molar-refractivity contribution < 1.29 is 19.8 Å². The minimum absolute atomic E-state index is 0.0985. The molecule has 2 aliphatic carbocycles. The molecule has 0 aliphatic heterocycles. The first-order valence-corrected chi connectivity index (χ1v) is 4.62. The van der Waals surface area contributed by atoms with Crippen molar-refractivity contribution in [3.63, 3.8) is 0 Å². The molecule has 0 aromatic heterocycles. The van der Waals surface area contributed by atoms with Crippen LogP contribution in [0.5, 0.6) is 0 Å². The summed E-state index contributed by atoms with van der Waals surface area (Å²) < 4.78 is 0. The zero-order chi connectivity index (χ0) is 10.5. The molecule has 2 bridgehead atoms. The van der Waals surface area contributed by atoms with Crippen LogP contribution >= 0.6 is 0 Å². The van der Waals surface area contributed by atoms with Crippen molar-refractivity contribution in [3.05, 3.63) is 12.2 Å². The summed E-state index contributed by atoms with van der Waals surface area (Å²) in [4.78, 5) is 22.1. The second-order valence-corrected chi connectivity index (χ2v) is 4.29. The van der Waals surface area contributed by atoms with E-state index in [1.807, 2.05) is 12.2 Å². The molecule has 2 rings (SSSR count). The van der Waals surface area contributed by atoms with Crippen molar-refractivity contribution in [2.45, 2.75) is 13.3 Å². The van der Waals surface area contributed by atoms with Crippen molar-refractivity contribution in [1.29, 1.82) is 0 Å². The third-order valence-corrected chi connectivity index (χ3v) is 3.69. The summed E-state index contributed by atoms with van der Waals surface area (Å²) in [6.07, 6.45) is 4.35. The minimum atomic E-state index is -1.12. The highest BCUT2D eigenvalue weighted by molar-refractivity contribution is 5.85. The summed E-state index contributed by atoms with van der Waals surface area (Å²) >= 11 is 0. The van der Waals surface area contributed by atoms with Gasteiger partial charge in [-0.3, -0.25) is 9.59 Å². The molecule has 4 heteroatoms. The second kappa shape index (κ2) is 2.59. The van der Waals surface area contributed by atoms with Gasteiger partial charge in [-0.15, -0.1) is 0 Å². The predicted molar refractivity (Wildman–Crippen MR) is 47.6 cm³/mol. The maximum Gasteiger partial charge on any atom is 0.310 e. The Labute approximate surface area is 81.2 Å². The lowest BCUT2D eigenvalue weighted by molar-refractivity contribution is -0.162. The molecule has 1 fully saturated rings. The number of carboxylic acid groups (broad SMARTS) is 2. The Bertz CT molecular complexity index is 333. The zero-order valence-corrected chi connectivity index (χ0v) is 7.80. The number of aliphatic carboxylic acids is 2. The van der Waals surface area contributed by atoms with Crippen LogP contribution in [0.1, 0.15) is 13.3 Å². The third-order valence-electron chi connectivity index (χ3n) is 3.69. The van der Waals surface area contributed by atoms with E-state index in [-0.39, 0.29) is 11.8 Å². The van der Waals surface area contributed by atoms with E-state index in [0.717, 1.165) is 0 Å². The molecule has 4 nitrogen and oxygen atoms in total. The van der Waals surface area contributed by atoms with Gasteiger partial charge in [-0.1, -0.05) is 12.2 Å². The lowest BCUT2D eigenvalue weighted by Gasteiger charge is -2.31. The van der Waals surface area contributed by atoms with Gasteiger partial charge in [0.2, 0.25) is 0 Å². The fourth-order valence-electron chi connectivity index (χ4n) is 2.83. The predicted octanol–water partition coefficient (Wildman–Crippen LogP) is 0.984. The number of allylic oxidation sites excluding steroid dienone is 2. The maximum atomic E-state index is 11.1. The Morgan fingerprint density at radius 3 is 2.43 bits per heavy atom. The van der Waals surface area contributed by atoms with E-state index < -0.39 is 23.3 Å². The Morgan fingerprint density at radius 2 is 2.00 bits per heavy atom. The molecule has 0 spiro atoms. The van der Waals surface area contributed by atoms with E-state index in [1.54, 1.807) is 6.92 Å². The summed E-state index contributed by atoms with van der Waals surface area (Å²) in [5, 5.41) is 18.1. The number of hydrogen-bond acceptors (Lipinski definition) is 2. The summed E-state index contributed by atoms with van der Waals surface area (Å²) in [5.74, 6) is -2.98. The van der Waals surface area contributed by atoms with Gasteiger partial charge in [-0.05, 0) is 25.2 Å². The summed E-state index contributed by atoms with van der Waals surface area (Å²) in [7, 11) is 0. The monoisotopic (exact) mass is 196 g/mol. The van der Waals surface area contributed by atoms with Gasteiger partial charge < -0.3 is 10.2 Å². The Kier molecular flexibility index (Phi) is 1.71.